The van der Waals surface area contributed by atoms with Crippen LogP contribution < -0.4 is 10.4 Å². The number of unbranched alkanes of at least 4 members (excludes halogenated alkanes) is 7. The molecule has 39 heavy (non-hydrogen) atoms. The normalized spacial score (nSPS) is 13.1. The first kappa shape index (κ1) is 33.0. The van der Waals surface area contributed by atoms with Crippen molar-refractivity contribution in [2.24, 2.45) is 0 Å². The Kier molecular flexibility index (Phi) is 16.0. The van der Waals surface area contributed by atoms with E-state index in [2.05, 4.69) is 113 Å². The van der Waals surface area contributed by atoms with Crippen LogP contribution in [-0.4, -0.2) is 14.9 Å². The van der Waals surface area contributed by atoms with Gasteiger partial charge in [0.25, 0.3) is 8.32 Å². The third-order valence-corrected chi connectivity index (χ3v) is 12.4. The summed E-state index contributed by atoms with van der Waals surface area (Å²) >= 11 is 0. The monoisotopic (exact) mass is 548 g/mol. The lowest BCUT2D eigenvalue weighted by molar-refractivity contribution is 0.287. The van der Waals surface area contributed by atoms with Crippen LogP contribution in [0.3, 0.4) is 0 Å². The lowest BCUT2D eigenvalue weighted by Gasteiger charge is -2.43. The van der Waals surface area contributed by atoms with Gasteiger partial charge in [-0.2, -0.15) is 0 Å². The average Bonchev–Trinajstić information content (AvgIpc) is 2.93. The fourth-order valence-electron chi connectivity index (χ4n) is 5.17. The van der Waals surface area contributed by atoms with Gasteiger partial charge >= 0.3 is 0 Å². The van der Waals surface area contributed by atoms with Crippen LogP contribution in [0.5, 0.6) is 0 Å². The van der Waals surface area contributed by atoms with E-state index >= 15 is 0 Å². The number of rotatable bonds is 19. The summed E-state index contributed by atoms with van der Waals surface area (Å²) < 4.78 is 21.3. The third-order valence-electron chi connectivity index (χ3n) is 7.32. The van der Waals surface area contributed by atoms with E-state index in [0.717, 1.165) is 19.3 Å². The Bertz CT molecular complexity index is 933. The molecule has 0 saturated heterocycles. The smallest absolute Gasteiger partial charge is 0.261 e. The number of halogens is 1. The van der Waals surface area contributed by atoms with Crippen molar-refractivity contribution in [3.8, 4) is 0 Å². The Labute approximate surface area is 240 Å². The molecule has 1 nitrogen and oxygen atoms in total. The summed E-state index contributed by atoms with van der Waals surface area (Å²) in [6.45, 7) is 9.77. The van der Waals surface area contributed by atoms with Crippen LogP contribution in [0.25, 0.3) is 0 Å². The topological polar surface area (TPSA) is 9.23 Å². The third kappa shape index (κ3) is 11.8. The van der Waals surface area contributed by atoms with Gasteiger partial charge in [0.15, 0.2) is 0 Å². The van der Waals surface area contributed by atoms with Gasteiger partial charge in [0.05, 0.1) is 5.83 Å². The Morgan fingerprint density at radius 2 is 1.23 bits per heavy atom. The maximum absolute atomic E-state index is 14.4. The van der Waals surface area contributed by atoms with E-state index in [0.29, 0.717) is 19.4 Å². The first-order valence-corrected chi connectivity index (χ1v) is 17.2. The Balaban J connectivity index is 1.74. The average molecular weight is 549 g/mol. The van der Waals surface area contributed by atoms with Gasteiger partial charge in [-0.25, -0.2) is 4.39 Å². The van der Waals surface area contributed by atoms with Crippen LogP contribution in [-0.2, 0) is 4.43 Å². The van der Waals surface area contributed by atoms with Crippen molar-refractivity contribution >= 4 is 18.7 Å². The van der Waals surface area contributed by atoms with Gasteiger partial charge in [0.1, 0.15) is 0 Å². The zero-order valence-corrected chi connectivity index (χ0v) is 26.1. The second kappa shape index (κ2) is 18.9. The maximum Gasteiger partial charge on any atom is 0.261 e. The summed E-state index contributed by atoms with van der Waals surface area (Å²) in [6.07, 6.45) is 23.4. The molecule has 0 bridgehead atoms. The standard InChI is InChI=1S/C36H53FOSi/c1-5-6-7-8-9-10-11-12-13-14-15-16-19-26-33(37)27-24-25-32-38-39(36(2,3)4,34-28-20-17-21-29-34)35-30-22-18-23-31-35/h9-10,15-18,20-23,26,28-31H,5-8,11-14,19,24-25,27,32H2,1-4H3/b10-9+,16-15+,33-26-. The second-order valence-corrected chi connectivity index (χ2v) is 15.9. The molecule has 2 aromatic carbocycles. The van der Waals surface area contributed by atoms with Crippen molar-refractivity contribution < 1.29 is 8.82 Å². The minimum absolute atomic E-state index is 0.00157. The maximum atomic E-state index is 14.4. The van der Waals surface area contributed by atoms with Gasteiger partial charge < -0.3 is 4.43 Å². The second-order valence-electron chi connectivity index (χ2n) is 11.6. The molecule has 2 aromatic rings. The molecule has 0 aliphatic rings. The highest BCUT2D eigenvalue weighted by Crippen LogP contribution is 2.36. The summed E-state index contributed by atoms with van der Waals surface area (Å²) in [6, 6.07) is 21.4. The zero-order valence-electron chi connectivity index (χ0n) is 25.1. The van der Waals surface area contributed by atoms with Crippen molar-refractivity contribution in [1.29, 1.82) is 0 Å². The van der Waals surface area contributed by atoms with Crippen LogP contribution in [0.4, 0.5) is 4.39 Å². The van der Waals surface area contributed by atoms with E-state index in [9.17, 15) is 4.39 Å². The van der Waals surface area contributed by atoms with Crippen LogP contribution in [0.2, 0.25) is 5.04 Å². The van der Waals surface area contributed by atoms with Crippen LogP contribution >= 0.6 is 0 Å². The molecule has 0 unspecified atom stereocenters. The van der Waals surface area contributed by atoms with Gasteiger partial charge in [-0.1, -0.05) is 126 Å². The summed E-state index contributed by atoms with van der Waals surface area (Å²) in [7, 11) is -2.50. The van der Waals surface area contributed by atoms with E-state index in [1.54, 1.807) is 6.08 Å². The largest absolute Gasteiger partial charge is 0.407 e. The number of allylic oxidation sites excluding steroid dienone is 6. The molecule has 0 amide bonds. The molecule has 0 saturated carbocycles. The molecule has 0 spiro atoms. The molecule has 0 aliphatic carbocycles. The molecule has 0 aliphatic heterocycles. The molecule has 214 valence electrons. The van der Waals surface area contributed by atoms with Gasteiger partial charge in [-0.3, -0.25) is 0 Å². The van der Waals surface area contributed by atoms with E-state index in [1.165, 1.54) is 55.3 Å². The minimum Gasteiger partial charge on any atom is -0.407 e. The Morgan fingerprint density at radius 3 is 1.74 bits per heavy atom. The highest BCUT2D eigenvalue weighted by atomic mass is 28.4. The van der Waals surface area contributed by atoms with Crippen LogP contribution in [0.15, 0.2) is 96.9 Å². The molecule has 3 heteroatoms. The van der Waals surface area contributed by atoms with Crippen LogP contribution in [0, 0.1) is 0 Å². The Hall–Kier alpha value is -2.23. The summed E-state index contributed by atoms with van der Waals surface area (Å²) in [4.78, 5) is 0. The van der Waals surface area contributed by atoms with Gasteiger partial charge in [0.2, 0.25) is 0 Å². The lowest BCUT2D eigenvalue weighted by atomic mass is 10.1. The van der Waals surface area contributed by atoms with Gasteiger partial charge in [-0.05, 0) is 85.7 Å². The fraction of sp³-hybridized carbons (Fsp3) is 0.500. The quantitative estimate of drug-likeness (QED) is 0.0964. The molecule has 2 rings (SSSR count). The first-order valence-electron chi connectivity index (χ1n) is 15.3. The predicted octanol–water partition coefficient (Wildman–Crippen LogP) is 10.2. The fourth-order valence-corrected chi connectivity index (χ4v) is 9.77. The number of hydrogen-bond donors (Lipinski definition) is 0. The van der Waals surface area contributed by atoms with Crippen molar-refractivity contribution in [2.45, 2.75) is 110 Å². The van der Waals surface area contributed by atoms with Crippen molar-refractivity contribution in [3.05, 3.63) is 96.9 Å². The molecule has 0 aromatic heterocycles. The summed E-state index contributed by atoms with van der Waals surface area (Å²) in [5.74, 6) is -0.00157. The molecule has 0 fully saturated rings. The molecule has 0 heterocycles. The lowest BCUT2D eigenvalue weighted by Crippen LogP contribution is -2.66. The van der Waals surface area contributed by atoms with E-state index in [-0.39, 0.29) is 10.9 Å². The van der Waals surface area contributed by atoms with Gasteiger partial charge in [0, 0.05) is 6.61 Å². The molecule has 0 N–H and O–H groups in total. The SMILES string of the molecule is CCCCC/C=C/CCCC/C=C/C/C=C(\F)CCCCO[Si](c1ccccc1)(c1ccccc1)C(C)(C)C. The molecular weight excluding hydrogens is 495 g/mol. The molecule has 0 radical (unpaired) electrons. The highest BCUT2D eigenvalue weighted by Gasteiger charge is 2.49. The van der Waals surface area contributed by atoms with E-state index in [1.807, 2.05) is 0 Å². The summed E-state index contributed by atoms with van der Waals surface area (Å²) in [5, 5.41) is 2.55. The van der Waals surface area contributed by atoms with Crippen molar-refractivity contribution in [1.82, 2.24) is 0 Å². The van der Waals surface area contributed by atoms with Crippen molar-refractivity contribution in [3.63, 3.8) is 0 Å². The molecular formula is C36H53FOSi. The van der Waals surface area contributed by atoms with Crippen molar-refractivity contribution in [2.75, 3.05) is 6.61 Å². The van der Waals surface area contributed by atoms with E-state index < -0.39 is 8.32 Å². The van der Waals surface area contributed by atoms with Gasteiger partial charge in [-0.15, -0.1) is 0 Å². The molecule has 0 atom stereocenters. The minimum atomic E-state index is -2.50. The first-order chi connectivity index (χ1) is 18.9. The number of hydrogen-bond acceptors (Lipinski definition) is 1. The van der Waals surface area contributed by atoms with Crippen LogP contribution in [0.1, 0.15) is 105 Å². The predicted molar refractivity (Wildman–Crippen MR) is 172 cm³/mol. The summed E-state index contributed by atoms with van der Waals surface area (Å²) in [5.41, 5.74) is 0. The zero-order chi connectivity index (χ0) is 28.2. The highest BCUT2D eigenvalue weighted by molar-refractivity contribution is 6.99. The van der Waals surface area contributed by atoms with E-state index in [4.69, 9.17) is 4.43 Å². The Morgan fingerprint density at radius 1 is 0.718 bits per heavy atom. The number of benzene rings is 2.